The van der Waals surface area contributed by atoms with E-state index in [2.05, 4.69) is 58.5 Å². The van der Waals surface area contributed by atoms with Crippen LogP contribution in [0.25, 0.3) is 22.3 Å². The molecule has 6 nitrogen and oxygen atoms in total. The molecule has 0 fully saturated rings. The van der Waals surface area contributed by atoms with Gasteiger partial charge in [-0.2, -0.15) is 0 Å². The molecule has 6 heteroatoms. The Labute approximate surface area is 210 Å². The Morgan fingerprint density at radius 1 is 0.889 bits per heavy atom. The van der Waals surface area contributed by atoms with Crippen molar-refractivity contribution >= 4 is 11.2 Å². The highest BCUT2D eigenvalue weighted by Crippen LogP contribution is 2.24. The van der Waals surface area contributed by atoms with Crippen molar-refractivity contribution in [1.29, 1.82) is 0 Å². The van der Waals surface area contributed by atoms with Crippen LogP contribution in [0.2, 0.25) is 0 Å². The summed E-state index contributed by atoms with van der Waals surface area (Å²) in [6.07, 6.45) is 4.11. The molecule has 2 N–H and O–H groups in total. The summed E-state index contributed by atoms with van der Waals surface area (Å²) < 4.78 is 1.86. The van der Waals surface area contributed by atoms with Crippen molar-refractivity contribution in [2.75, 3.05) is 0 Å². The van der Waals surface area contributed by atoms with E-state index in [9.17, 15) is 9.90 Å². The molecule has 2 unspecified atom stereocenters. The first-order chi connectivity index (χ1) is 17.6. The maximum Gasteiger partial charge on any atom is 0.279 e. The first-order valence-corrected chi connectivity index (χ1v) is 12.4. The number of aromatic amines is 1. The standard InChI is InChI=1S/C30H30N4O2/c1-21(35)26(14-8-11-22-9-4-2-5-10-22)34-20-31-28-29(34)32-27(33-30(28)36)19-23-15-17-25(18-16-23)24-12-6-3-7-13-24/h2-7,9-10,12-13,15-18,20-21,26,35H,8,11,14,19H2,1H3,(H,32,33,36). The molecule has 0 bridgehead atoms. The van der Waals surface area contributed by atoms with Crippen LogP contribution in [0.1, 0.15) is 42.8 Å². The molecule has 0 amide bonds. The summed E-state index contributed by atoms with van der Waals surface area (Å²) in [4.78, 5) is 24.8. The van der Waals surface area contributed by atoms with Crippen LogP contribution in [0.4, 0.5) is 0 Å². The van der Waals surface area contributed by atoms with Gasteiger partial charge in [0.1, 0.15) is 5.82 Å². The zero-order chi connectivity index (χ0) is 24.9. The van der Waals surface area contributed by atoms with Crippen LogP contribution >= 0.6 is 0 Å². The first kappa shape index (κ1) is 23.7. The van der Waals surface area contributed by atoms with Crippen LogP contribution in [-0.2, 0) is 12.8 Å². The van der Waals surface area contributed by atoms with Crippen LogP contribution in [0, 0.1) is 0 Å². The zero-order valence-corrected chi connectivity index (χ0v) is 20.3. The predicted octanol–water partition coefficient (Wildman–Crippen LogP) is 5.32. The van der Waals surface area contributed by atoms with E-state index in [1.807, 2.05) is 41.0 Å². The molecule has 0 saturated carbocycles. The van der Waals surface area contributed by atoms with Gasteiger partial charge in [-0.05, 0) is 48.4 Å². The predicted molar refractivity (Wildman–Crippen MR) is 143 cm³/mol. The molecular weight excluding hydrogens is 448 g/mol. The fourth-order valence-electron chi connectivity index (χ4n) is 4.71. The Hall–Kier alpha value is -4.03. The molecule has 2 aromatic heterocycles. The molecule has 0 spiro atoms. The lowest BCUT2D eigenvalue weighted by Crippen LogP contribution is -2.22. The largest absolute Gasteiger partial charge is 0.391 e. The average molecular weight is 479 g/mol. The molecular formula is C30H30N4O2. The highest BCUT2D eigenvalue weighted by molar-refractivity contribution is 5.69. The van der Waals surface area contributed by atoms with E-state index in [1.165, 1.54) is 5.56 Å². The molecule has 0 aliphatic rings. The van der Waals surface area contributed by atoms with Gasteiger partial charge in [-0.3, -0.25) is 4.79 Å². The molecule has 5 rings (SSSR count). The Kier molecular flexibility index (Phi) is 7.05. The van der Waals surface area contributed by atoms with Gasteiger partial charge in [-0.15, -0.1) is 0 Å². The molecule has 2 atom stereocenters. The van der Waals surface area contributed by atoms with Gasteiger partial charge < -0.3 is 14.7 Å². The quantitative estimate of drug-likeness (QED) is 0.300. The van der Waals surface area contributed by atoms with E-state index in [4.69, 9.17) is 4.98 Å². The summed E-state index contributed by atoms with van der Waals surface area (Å²) in [6.45, 7) is 1.78. The second-order valence-electron chi connectivity index (χ2n) is 9.26. The monoisotopic (exact) mass is 478 g/mol. The number of H-pyrrole nitrogens is 1. The number of aryl methyl sites for hydroxylation is 1. The summed E-state index contributed by atoms with van der Waals surface area (Å²) in [5, 5.41) is 10.6. The third kappa shape index (κ3) is 5.29. The molecule has 0 saturated heterocycles. The second kappa shape index (κ2) is 10.7. The summed E-state index contributed by atoms with van der Waals surface area (Å²) in [6, 6.07) is 28.6. The van der Waals surface area contributed by atoms with E-state index >= 15 is 0 Å². The Morgan fingerprint density at radius 3 is 2.25 bits per heavy atom. The maximum atomic E-state index is 12.8. The van der Waals surface area contributed by atoms with Crippen molar-refractivity contribution in [1.82, 2.24) is 19.5 Å². The third-order valence-electron chi connectivity index (χ3n) is 6.64. The second-order valence-corrected chi connectivity index (χ2v) is 9.26. The lowest BCUT2D eigenvalue weighted by Gasteiger charge is -2.22. The first-order valence-electron chi connectivity index (χ1n) is 12.4. The third-order valence-corrected chi connectivity index (χ3v) is 6.64. The molecule has 0 radical (unpaired) electrons. The van der Waals surface area contributed by atoms with Crippen molar-refractivity contribution in [3.63, 3.8) is 0 Å². The SMILES string of the molecule is CC(O)C(CCCc1ccccc1)n1cnc2c(=O)[nH]c(Cc3ccc(-c4ccccc4)cc3)nc21. The highest BCUT2D eigenvalue weighted by Gasteiger charge is 2.21. The van der Waals surface area contributed by atoms with Crippen molar-refractivity contribution in [2.45, 2.75) is 44.8 Å². The minimum absolute atomic E-state index is 0.217. The van der Waals surface area contributed by atoms with Crippen molar-refractivity contribution in [2.24, 2.45) is 0 Å². The van der Waals surface area contributed by atoms with E-state index in [0.29, 0.717) is 23.4 Å². The summed E-state index contributed by atoms with van der Waals surface area (Å²) in [7, 11) is 0. The fourth-order valence-corrected chi connectivity index (χ4v) is 4.71. The van der Waals surface area contributed by atoms with Crippen molar-refractivity contribution in [3.8, 4) is 11.1 Å². The number of imidazole rings is 1. The van der Waals surface area contributed by atoms with E-state index in [-0.39, 0.29) is 11.6 Å². The van der Waals surface area contributed by atoms with Crippen LogP contribution < -0.4 is 5.56 Å². The van der Waals surface area contributed by atoms with Gasteiger partial charge in [-0.1, -0.05) is 84.9 Å². The summed E-state index contributed by atoms with van der Waals surface area (Å²) >= 11 is 0. The number of hydrogen-bond acceptors (Lipinski definition) is 4. The zero-order valence-electron chi connectivity index (χ0n) is 20.3. The van der Waals surface area contributed by atoms with E-state index < -0.39 is 6.10 Å². The van der Waals surface area contributed by atoms with Crippen LogP contribution in [-0.4, -0.2) is 30.7 Å². The highest BCUT2D eigenvalue weighted by atomic mass is 16.3. The number of hydrogen-bond donors (Lipinski definition) is 2. The summed E-state index contributed by atoms with van der Waals surface area (Å²) in [5.41, 5.74) is 5.18. The smallest absolute Gasteiger partial charge is 0.279 e. The number of benzene rings is 3. The topological polar surface area (TPSA) is 83.8 Å². The normalized spacial score (nSPS) is 13.1. The lowest BCUT2D eigenvalue weighted by atomic mass is 10.0. The molecule has 0 aliphatic carbocycles. The molecule has 3 aromatic carbocycles. The molecule has 5 aromatic rings. The lowest BCUT2D eigenvalue weighted by molar-refractivity contribution is 0.125. The number of aromatic nitrogens is 4. The van der Waals surface area contributed by atoms with Crippen molar-refractivity contribution in [3.05, 3.63) is 119 Å². The Bertz CT molecular complexity index is 1470. The van der Waals surface area contributed by atoms with Gasteiger partial charge in [0.05, 0.1) is 18.5 Å². The minimum atomic E-state index is -0.603. The molecule has 182 valence electrons. The van der Waals surface area contributed by atoms with Crippen LogP contribution in [0.15, 0.2) is 96.1 Å². The Balaban J connectivity index is 1.37. The van der Waals surface area contributed by atoms with Gasteiger partial charge in [0.15, 0.2) is 11.2 Å². The number of fused-ring (bicyclic) bond motifs is 1. The number of aliphatic hydroxyl groups is 1. The van der Waals surface area contributed by atoms with Gasteiger partial charge in [0, 0.05) is 6.42 Å². The fraction of sp³-hybridized carbons (Fsp3) is 0.233. The molecule has 0 aliphatic heterocycles. The van der Waals surface area contributed by atoms with Gasteiger partial charge in [-0.25, -0.2) is 9.97 Å². The molecule has 2 heterocycles. The van der Waals surface area contributed by atoms with E-state index in [1.54, 1.807) is 13.3 Å². The number of nitrogens with one attached hydrogen (secondary N) is 1. The summed E-state index contributed by atoms with van der Waals surface area (Å²) in [5.74, 6) is 0.579. The van der Waals surface area contributed by atoms with Crippen molar-refractivity contribution < 1.29 is 5.11 Å². The number of aliphatic hydroxyl groups excluding tert-OH is 1. The van der Waals surface area contributed by atoms with Crippen LogP contribution in [0.5, 0.6) is 0 Å². The van der Waals surface area contributed by atoms with Gasteiger partial charge in [0.25, 0.3) is 5.56 Å². The van der Waals surface area contributed by atoms with E-state index in [0.717, 1.165) is 36.0 Å². The van der Waals surface area contributed by atoms with Gasteiger partial charge >= 0.3 is 0 Å². The molecule has 36 heavy (non-hydrogen) atoms. The van der Waals surface area contributed by atoms with Gasteiger partial charge in [0.2, 0.25) is 0 Å². The maximum absolute atomic E-state index is 12.8. The number of rotatable bonds is 9. The number of nitrogens with zero attached hydrogens (tertiary/aromatic N) is 3. The van der Waals surface area contributed by atoms with Crippen LogP contribution in [0.3, 0.4) is 0 Å². The minimum Gasteiger partial charge on any atom is -0.391 e. The average Bonchev–Trinajstić information content (AvgIpc) is 3.32. The Morgan fingerprint density at radius 2 is 1.56 bits per heavy atom.